The summed E-state index contributed by atoms with van der Waals surface area (Å²) in [5.41, 5.74) is 0.818. The van der Waals surface area contributed by atoms with Crippen LogP contribution >= 0.6 is 0 Å². The Morgan fingerprint density at radius 2 is 1.69 bits per heavy atom. The van der Waals surface area contributed by atoms with E-state index in [0.717, 1.165) is 12.8 Å². The molecule has 1 aromatic heterocycles. The molecule has 1 aliphatic rings. The Bertz CT molecular complexity index is 1240. The molecule has 4 rings (SSSR count). The lowest BCUT2D eigenvalue weighted by atomic mass is 9.96. The second kappa shape index (κ2) is 10.3. The molecule has 0 aliphatic carbocycles. The van der Waals surface area contributed by atoms with E-state index in [-0.39, 0.29) is 34.3 Å². The number of hydrogen-bond acceptors (Lipinski definition) is 8. The van der Waals surface area contributed by atoms with Gasteiger partial charge in [0.15, 0.2) is 5.78 Å². The van der Waals surface area contributed by atoms with Crippen molar-refractivity contribution in [3.05, 3.63) is 87.7 Å². The van der Waals surface area contributed by atoms with Crippen LogP contribution < -0.4 is 15.1 Å². The number of amides is 1. The number of hydrogen-bond donors (Lipinski definition) is 1. The van der Waals surface area contributed by atoms with E-state index in [1.807, 2.05) is 0 Å². The lowest BCUT2D eigenvalue weighted by Crippen LogP contribution is -2.45. The van der Waals surface area contributed by atoms with E-state index < -0.39 is 10.7 Å². The van der Waals surface area contributed by atoms with E-state index in [0.29, 0.717) is 24.7 Å². The van der Waals surface area contributed by atoms with Gasteiger partial charge in [-0.2, -0.15) is 0 Å². The van der Waals surface area contributed by atoms with E-state index in [1.165, 1.54) is 12.1 Å². The number of carbonyl (C=O) groups is 2. The highest BCUT2D eigenvalue weighted by atomic mass is 16.6. The van der Waals surface area contributed by atoms with Gasteiger partial charge in [0, 0.05) is 62.8 Å². The Morgan fingerprint density at radius 1 is 1.03 bits per heavy atom. The predicted molar refractivity (Wildman–Crippen MR) is 132 cm³/mol. The summed E-state index contributed by atoms with van der Waals surface area (Å²) in [6.45, 7) is 1.41. The zero-order valence-electron chi connectivity index (χ0n) is 19.5. The summed E-state index contributed by atoms with van der Waals surface area (Å²) in [4.78, 5) is 49.7. The second-order valence-corrected chi connectivity index (χ2v) is 8.51. The highest BCUT2D eigenvalue weighted by Crippen LogP contribution is 2.29. The molecule has 2 heterocycles. The maximum atomic E-state index is 13.3. The topological polar surface area (TPSA) is 122 Å². The molecule has 1 fully saturated rings. The molecule has 1 aliphatic heterocycles. The number of nitro benzene ring substituents is 1. The Morgan fingerprint density at radius 3 is 2.31 bits per heavy atom. The molecule has 3 aromatic rings. The highest BCUT2D eigenvalue weighted by Gasteiger charge is 2.26. The minimum absolute atomic E-state index is 0.0499. The number of rotatable bonds is 7. The van der Waals surface area contributed by atoms with Crippen LogP contribution in [0.25, 0.3) is 0 Å². The molecule has 2 aromatic carbocycles. The third-order valence-corrected chi connectivity index (χ3v) is 6.00. The van der Waals surface area contributed by atoms with Crippen molar-refractivity contribution in [1.82, 2.24) is 15.3 Å². The van der Waals surface area contributed by atoms with Crippen molar-refractivity contribution in [2.75, 3.05) is 37.0 Å². The summed E-state index contributed by atoms with van der Waals surface area (Å²) in [6, 6.07) is 12.6. The van der Waals surface area contributed by atoms with Crippen LogP contribution in [-0.4, -0.2) is 59.8 Å². The van der Waals surface area contributed by atoms with E-state index in [2.05, 4.69) is 20.2 Å². The van der Waals surface area contributed by atoms with Crippen molar-refractivity contribution in [2.24, 2.45) is 0 Å². The van der Waals surface area contributed by atoms with Gasteiger partial charge in [0.25, 0.3) is 11.6 Å². The Hall–Kier alpha value is -4.34. The van der Waals surface area contributed by atoms with Gasteiger partial charge >= 0.3 is 0 Å². The molecule has 0 spiro atoms. The van der Waals surface area contributed by atoms with Gasteiger partial charge in [-0.3, -0.25) is 19.7 Å². The third kappa shape index (κ3) is 5.26. The van der Waals surface area contributed by atoms with Crippen LogP contribution in [0.15, 0.2) is 60.9 Å². The molecule has 0 radical (unpaired) electrons. The van der Waals surface area contributed by atoms with E-state index in [4.69, 9.17) is 0 Å². The highest BCUT2D eigenvalue weighted by molar-refractivity contribution is 6.15. The lowest BCUT2D eigenvalue weighted by Gasteiger charge is -2.32. The summed E-state index contributed by atoms with van der Waals surface area (Å²) in [5, 5.41) is 14.6. The number of ketones is 1. The van der Waals surface area contributed by atoms with Gasteiger partial charge in [-0.05, 0) is 37.1 Å². The normalized spacial score (nSPS) is 13.8. The maximum absolute atomic E-state index is 13.3. The van der Waals surface area contributed by atoms with Gasteiger partial charge in [0.05, 0.1) is 10.5 Å². The zero-order chi connectivity index (χ0) is 24.9. The molecule has 35 heavy (non-hydrogen) atoms. The zero-order valence-corrected chi connectivity index (χ0v) is 19.5. The summed E-state index contributed by atoms with van der Waals surface area (Å²) >= 11 is 0. The molecule has 10 nitrogen and oxygen atoms in total. The largest absolute Gasteiger partial charge is 0.372 e. The quantitative estimate of drug-likeness (QED) is 0.315. The van der Waals surface area contributed by atoms with Gasteiger partial charge in [-0.25, -0.2) is 9.97 Å². The van der Waals surface area contributed by atoms with Crippen LogP contribution in [0.5, 0.6) is 0 Å². The fraction of sp³-hybridized carbons (Fsp3) is 0.280. The van der Waals surface area contributed by atoms with Crippen LogP contribution in [0.2, 0.25) is 0 Å². The molecule has 180 valence electrons. The smallest absolute Gasteiger partial charge is 0.293 e. The number of nitrogens with one attached hydrogen (secondary N) is 1. The summed E-state index contributed by atoms with van der Waals surface area (Å²) in [7, 11) is 3.39. The van der Waals surface area contributed by atoms with Gasteiger partial charge in [0.1, 0.15) is 5.69 Å². The maximum Gasteiger partial charge on any atom is 0.293 e. The molecule has 0 atom stereocenters. The van der Waals surface area contributed by atoms with Crippen LogP contribution in [0.3, 0.4) is 0 Å². The van der Waals surface area contributed by atoms with Gasteiger partial charge < -0.3 is 15.1 Å². The SMILES string of the molecule is CN(C)c1ccc(C(=O)c2ccccc2C(=O)NC2CCN(c3ncccn3)CC2)cc1[N+](=O)[O-]. The lowest BCUT2D eigenvalue weighted by molar-refractivity contribution is -0.384. The molecule has 10 heteroatoms. The first kappa shape index (κ1) is 23.8. The van der Waals surface area contributed by atoms with Crippen LogP contribution in [-0.2, 0) is 0 Å². The standard InChI is InChI=1S/C25H26N6O4/c1-29(2)21-9-8-17(16-22(21)31(34)35)23(32)19-6-3-4-7-20(19)24(33)28-18-10-14-30(15-11-18)25-26-12-5-13-27-25/h3-9,12-13,16,18H,10-11,14-15H2,1-2H3,(H,28,33). The first-order valence-electron chi connectivity index (χ1n) is 11.3. The van der Waals surface area contributed by atoms with E-state index in [1.54, 1.807) is 67.8 Å². The average Bonchev–Trinajstić information content (AvgIpc) is 2.88. The second-order valence-electron chi connectivity index (χ2n) is 8.51. The van der Waals surface area contributed by atoms with Gasteiger partial charge in [-0.1, -0.05) is 18.2 Å². The molecular formula is C25H26N6O4. The van der Waals surface area contributed by atoms with Crippen LogP contribution in [0, 0.1) is 10.1 Å². The van der Waals surface area contributed by atoms with E-state index >= 15 is 0 Å². The average molecular weight is 475 g/mol. The van der Waals surface area contributed by atoms with Crippen molar-refractivity contribution >= 4 is 29.0 Å². The molecule has 1 saturated heterocycles. The number of anilines is 2. The predicted octanol–water partition coefficient (Wildman–Crippen LogP) is 3.08. The first-order chi connectivity index (χ1) is 16.8. The minimum Gasteiger partial charge on any atom is -0.372 e. The number of piperidine rings is 1. The fourth-order valence-corrected chi connectivity index (χ4v) is 4.17. The van der Waals surface area contributed by atoms with Crippen molar-refractivity contribution in [3.8, 4) is 0 Å². The van der Waals surface area contributed by atoms with Crippen molar-refractivity contribution < 1.29 is 14.5 Å². The number of carbonyl (C=O) groups excluding carboxylic acids is 2. The van der Waals surface area contributed by atoms with Crippen molar-refractivity contribution in [3.63, 3.8) is 0 Å². The third-order valence-electron chi connectivity index (χ3n) is 6.00. The minimum atomic E-state index is -0.516. The summed E-state index contributed by atoms with van der Waals surface area (Å²) < 4.78 is 0. The van der Waals surface area contributed by atoms with Crippen molar-refractivity contribution in [2.45, 2.75) is 18.9 Å². The molecular weight excluding hydrogens is 448 g/mol. The molecule has 0 unspecified atom stereocenters. The fourth-order valence-electron chi connectivity index (χ4n) is 4.17. The molecule has 0 bridgehead atoms. The number of nitro groups is 1. The number of benzene rings is 2. The molecule has 0 saturated carbocycles. The van der Waals surface area contributed by atoms with Crippen molar-refractivity contribution in [1.29, 1.82) is 0 Å². The molecule has 1 amide bonds. The number of nitrogens with zero attached hydrogens (tertiary/aromatic N) is 5. The Labute approximate surface area is 202 Å². The Kier molecular flexibility index (Phi) is 7.00. The van der Waals surface area contributed by atoms with E-state index in [9.17, 15) is 19.7 Å². The van der Waals surface area contributed by atoms with Crippen LogP contribution in [0.1, 0.15) is 39.1 Å². The molecule has 1 N–H and O–H groups in total. The monoisotopic (exact) mass is 474 g/mol. The Balaban J connectivity index is 1.49. The summed E-state index contributed by atoms with van der Waals surface area (Å²) in [6.07, 6.45) is 4.84. The number of aromatic nitrogens is 2. The summed E-state index contributed by atoms with van der Waals surface area (Å²) in [5.74, 6) is -0.120. The van der Waals surface area contributed by atoms with Crippen LogP contribution in [0.4, 0.5) is 17.3 Å². The van der Waals surface area contributed by atoms with Gasteiger partial charge in [-0.15, -0.1) is 0 Å². The van der Waals surface area contributed by atoms with Gasteiger partial charge in [0.2, 0.25) is 5.95 Å². The first-order valence-corrected chi connectivity index (χ1v) is 11.3.